The first-order valence-electron chi connectivity index (χ1n) is 10.6. The van der Waals surface area contributed by atoms with Crippen molar-refractivity contribution >= 4 is 17.5 Å². The van der Waals surface area contributed by atoms with Crippen LogP contribution in [-0.2, 0) is 9.59 Å². The Morgan fingerprint density at radius 2 is 1.90 bits per heavy atom. The molecule has 1 heterocycles. The van der Waals surface area contributed by atoms with Crippen LogP contribution in [0.3, 0.4) is 0 Å². The van der Waals surface area contributed by atoms with Crippen molar-refractivity contribution in [2.75, 3.05) is 18.1 Å². The molecule has 3 rings (SSSR count). The predicted octanol–water partition coefficient (Wildman–Crippen LogP) is 4.25. The molecule has 0 aliphatic carbocycles. The SMILES string of the molecule is CCCCOc1ccc([C@@H](C)NC(=O)CN2C(=O)[C@@H](CC)Oc3ccccc32)cc1. The minimum atomic E-state index is -0.564. The molecule has 0 saturated heterocycles. The molecule has 0 fully saturated rings. The van der Waals surface area contributed by atoms with Crippen molar-refractivity contribution in [3.8, 4) is 11.5 Å². The number of ether oxygens (including phenoxy) is 2. The molecule has 30 heavy (non-hydrogen) atoms. The third-order valence-corrected chi connectivity index (χ3v) is 5.16. The van der Waals surface area contributed by atoms with Crippen LogP contribution in [0.25, 0.3) is 0 Å². The molecule has 1 N–H and O–H groups in total. The smallest absolute Gasteiger partial charge is 0.268 e. The van der Waals surface area contributed by atoms with Crippen LogP contribution in [0.1, 0.15) is 51.6 Å². The van der Waals surface area contributed by atoms with Gasteiger partial charge in [0, 0.05) is 0 Å². The van der Waals surface area contributed by atoms with Gasteiger partial charge in [-0.2, -0.15) is 0 Å². The maximum absolute atomic E-state index is 12.8. The van der Waals surface area contributed by atoms with Gasteiger partial charge >= 0.3 is 0 Å². The number of unbranched alkanes of at least 4 members (excludes halogenated alkanes) is 1. The quantitative estimate of drug-likeness (QED) is 0.628. The minimum absolute atomic E-state index is 0.0434. The zero-order valence-electron chi connectivity index (χ0n) is 17.9. The normalized spacial score (nSPS) is 16.4. The van der Waals surface area contributed by atoms with Crippen molar-refractivity contribution < 1.29 is 19.1 Å². The van der Waals surface area contributed by atoms with E-state index in [0.717, 1.165) is 24.2 Å². The molecule has 2 aromatic carbocycles. The van der Waals surface area contributed by atoms with Crippen molar-refractivity contribution in [2.24, 2.45) is 0 Å². The van der Waals surface area contributed by atoms with Gasteiger partial charge in [0.2, 0.25) is 5.91 Å². The molecule has 6 nitrogen and oxygen atoms in total. The Morgan fingerprint density at radius 3 is 2.60 bits per heavy atom. The lowest BCUT2D eigenvalue weighted by molar-refractivity contribution is -0.129. The van der Waals surface area contributed by atoms with Crippen molar-refractivity contribution in [3.05, 3.63) is 54.1 Å². The number of anilines is 1. The Bertz CT molecular complexity index is 866. The summed E-state index contributed by atoms with van der Waals surface area (Å²) in [5, 5.41) is 2.98. The Labute approximate surface area is 178 Å². The average Bonchev–Trinajstić information content (AvgIpc) is 2.76. The molecule has 0 aromatic heterocycles. The highest BCUT2D eigenvalue weighted by molar-refractivity contribution is 6.03. The lowest BCUT2D eigenvalue weighted by Gasteiger charge is -2.33. The Balaban J connectivity index is 1.62. The van der Waals surface area contributed by atoms with E-state index in [-0.39, 0.29) is 24.4 Å². The van der Waals surface area contributed by atoms with Gasteiger partial charge in [-0.25, -0.2) is 0 Å². The molecule has 0 radical (unpaired) electrons. The van der Waals surface area contributed by atoms with Gasteiger partial charge in [-0.3, -0.25) is 14.5 Å². The Kier molecular flexibility index (Phi) is 7.33. The number of carbonyl (C=O) groups is 2. The lowest BCUT2D eigenvalue weighted by atomic mass is 10.1. The van der Waals surface area contributed by atoms with Gasteiger partial charge in [0.25, 0.3) is 5.91 Å². The molecule has 0 bridgehead atoms. The van der Waals surface area contributed by atoms with Crippen molar-refractivity contribution in [2.45, 2.75) is 52.2 Å². The number of hydrogen-bond acceptors (Lipinski definition) is 4. The Hall–Kier alpha value is -3.02. The standard InChI is InChI=1S/C24H30N2O4/c1-4-6-15-29-19-13-11-18(12-14-19)17(3)25-23(27)16-26-20-9-7-8-10-22(20)30-21(5-2)24(26)28/h7-14,17,21H,4-6,15-16H2,1-3H3,(H,25,27)/t17-,21-/m1/s1. The monoisotopic (exact) mass is 410 g/mol. The number of benzene rings is 2. The summed E-state index contributed by atoms with van der Waals surface area (Å²) in [6.45, 7) is 6.61. The van der Waals surface area contributed by atoms with Gasteiger partial charge in [-0.05, 0) is 49.6 Å². The zero-order valence-corrected chi connectivity index (χ0v) is 17.9. The fourth-order valence-electron chi connectivity index (χ4n) is 3.40. The van der Waals surface area contributed by atoms with E-state index < -0.39 is 6.10 Å². The van der Waals surface area contributed by atoms with Crippen LogP contribution in [0.5, 0.6) is 11.5 Å². The number of rotatable bonds is 9. The number of amides is 2. The summed E-state index contributed by atoms with van der Waals surface area (Å²) in [6, 6.07) is 14.9. The summed E-state index contributed by atoms with van der Waals surface area (Å²) in [4.78, 5) is 27.0. The zero-order chi connectivity index (χ0) is 21.5. The minimum Gasteiger partial charge on any atom is -0.494 e. The molecule has 2 atom stereocenters. The average molecular weight is 411 g/mol. The van der Waals surface area contributed by atoms with Crippen LogP contribution < -0.4 is 19.7 Å². The lowest BCUT2D eigenvalue weighted by Crippen LogP contribution is -2.49. The van der Waals surface area contributed by atoms with Gasteiger partial charge in [0.1, 0.15) is 18.0 Å². The Morgan fingerprint density at radius 1 is 1.17 bits per heavy atom. The van der Waals surface area contributed by atoms with Gasteiger partial charge in [0.15, 0.2) is 6.10 Å². The van der Waals surface area contributed by atoms with E-state index in [2.05, 4.69) is 12.2 Å². The first kappa shape index (κ1) is 21.7. The topological polar surface area (TPSA) is 67.9 Å². The third-order valence-electron chi connectivity index (χ3n) is 5.16. The first-order valence-corrected chi connectivity index (χ1v) is 10.6. The van der Waals surface area contributed by atoms with Crippen LogP contribution in [-0.4, -0.2) is 31.1 Å². The van der Waals surface area contributed by atoms with Gasteiger partial charge in [-0.15, -0.1) is 0 Å². The van der Waals surface area contributed by atoms with Crippen LogP contribution >= 0.6 is 0 Å². The highest BCUT2D eigenvalue weighted by atomic mass is 16.5. The van der Waals surface area contributed by atoms with Crippen LogP contribution in [0.15, 0.2) is 48.5 Å². The van der Waals surface area contributed by atoms with Gasteiger partial charge in [-0.1, -0.05) is 44.5 Å². The van der Waals surface area contributed by atoms with Crippen molar-refractivity contribution in [1.29, 1.82) is 0 Å². The first-order chi connectivity index (χ1) is 14.5. The van der Waals surface area contributed by atoms with Gasteiger partial charge < -0.3 is 14.8 Å². The molecule has 160 valence electrons. The van der Waals surface area contributed by atoms with E-state index in [4.69, 9.17) is 9.47 Å². The summed E-state index contributed by atoms with van der Waals surface area (Å²) < 4.78 is 11.5. The number of para-hydroxylation sites is 2. The number of carbonyl (C=O) groups excluding carboxylic acids is 2. The maximum atomic E-state index is 12.8. The third kappa shape index (κ3) is 5.12. The second-order valence-electron chi connectivity index (χ2n) is 7.47. The highest BCUT2D eigenvalue weighted by Crippen LogP contribution is 2.34. The van der Waals surface area contributed by atoms with E-state index in [1.165, 1.54) is 4.90 Å². The van der Waals surface area contributed by atoms with E-state index in [0.29, 0.717) is 24.5 Å². The molecule has 0 unspecified atom stereocenters. The molecule has 2 aromatic rings. The molecule has 0 spiro atoms. The summed E-state index contributed by atoms with van der Waals surface area (Å²) in [7, 11) is 0. The van der Waals surface area contributed by atoms with Crippen molar-refractivity contribution in [1.82, 2.24) is 5.32 Å². The summed E-state index contributed by atoms with van der Waals surface area (Å²) in [5.74, 6) is 1.05. The number of fused-ring (bicyclic) bond motifs is 1. The molecule has 2 amide bonds. The van der Waals surface area contributed by atoms with Crippen LogP contribution in [0, 0.1) is 0 Å². The number of nitrogens with one attached hydrogen (secondary N) is 1. The second kappa shape index (κ2) is 10.1. The molecular weight excluding hydrogens is 380 g/mol. The van der Waals surface area contributed by atoms with Gasteiger partial charge in [0.05, 0.1) is 18.3 Å². The molecule has 1 aliphatic rings. The van der Waals surface area contributed by atoms with E-state index in [1.807, 2.05) is 56.3 Å². The predicted molar refractivity (Wildman–Crippen MR) is 117 cm³/mol. The number of nitrogens with zero attached hydrogens (tertiary/aromatic N) is 1. The molecule has 1 aliphatic heterocycles. The molecular formula is C24H30N2O4. The van der Waals surface area contributed by atoms with E-state index in [1.54, 1.807) is 6.07 Å². The highest BCUT2D eigenvalue weighted by Gasteiger charge is 2.34. The second-order valence-corrected chi connectivity index (χ2v) is 7.47. The molecule has 0 saturated carbocycles. The largest absolute Gasteiger partial charge is 0.494 e. The number of hydrogen-bond donors (Lipinski definition) is 1. The van der Waals surface area contributed by atoms with Crippen LogP contribution in [0.2, 0.25) is 0 Å². The van der Waals surface area contributed by atoms with E-state index >= 15 is 0 Å². The fraction of sp³-hybridized carbons (Fsp3) is 0.417. The fourth-order valence-corrected chi connectivity index (χ4v) is 3.40. The summed E-state index contributed by atoms with van der Waals surface area (Å²) in [5.41, 5.74) is 1.61. The van der Waals surface area contributed by atoms with Crippen LogP contribution in [0.4, 0.5) is 5.69 Å². The molecule has 6 heteroatoms. The summed E-state index contributed by atoms with van der Waals surface area (Å²) in [6.07, 6.45) is 2.10. The van der Waals surface area contributed by atoms with E-state index in [9.17, 15) is 9.59 Å². The summed E-state index contributed by atoms with van der Waals surface area (Å²) >= 11 is 0. The van der Waals surface area contributed by atoms with Crippen molar-refractivity contribution in [3.63, 3.8) is 0 Å². The maximum Gasteiger partial charge on any atom is 0.268 e.